The smallest absolute Gasteiger partial charge is 0.316 e. The van der Waals surface area contributed by atoms with Crippen molar-refractivity contribution in [3.63, 3.8) is 0 Å². The highest BCUT2D eigenvalue weighted by molar-refractivity contribution is 5.87. The molecule has 0 saturated heterocycles. The summed E-state index contributed by atoms with van der Waals surface area (Å²) in [6.07, 6.45) is 6.49. The van der Waals surface area contributed by atoms with Crippen molar-refractivity contribution in [2.24, 2.45) is 11.8 Å². The Morgan fingerprint density at radius 1 is 0.944 bits per heavy atom. The third-order valence-electron chi connectivity index (χ3n) is 3.33. The van der Waals surface area contributed by atoms with Gasteiger partial charge in [0.2, 0.25) is 0 Å². The van der Waals surface area contributed by atoms with Crippen LogP contribution in [0.1, 0.15) is 72.6 Å². The first kappa shape index (κ1) is 17.1. The minimum Gasteiger partial charge on any atom is -0.393 e. The fourth-order valence-electron chi connectivity index (χ4n) is 1.85. The molecule has 0 bridgehead atoms. The molecule has 0 aliphatic heterocycles. The van der Waals surface area contributed by atoms with E-state index in [4.69, 9.17) is 4.74 Å². The maximum absolute atomic E-state index is 11.8. The van der Waals surface area contributed by atoms with Crippen LogP contribution in [0.4, 0.5) is 0 Å². The number of unbranched alkanes of at least 4 members (excludes halogenated alkanes) is 2. The van der Waals surface area contributed by atoms with Gasteiger partial charge in [0.25, 0.3) is 0 Å². The number of hydrogen-bond acceptors (Lipinski definition) is 3. The zero-order valence-electron chi connectivity index (χ0n) is 12.3. The van der Waals surface area contributed by atoms with E-state index >= 15 is 0 Å². The summed E-state index contributed by atoms with van der Waals surface area (Å²) in [6, 6.07) is 0. The quantitative estimate of drug-likeness (QED) is 0.461. The molecule has 0 aliphatic rings. The Hall–Kier alpha value is -0.860. The van der Waals surface area contributed by atoms with Gasteiger partial charge in [0.15, 0.2) is 0 Å². The molecular weight excluding hydrogens is 228 g/mol. The molecule has 106 valence electrons. The first-order valence-electron chi connectivity index (χ1n) is 7.32. The van der Waals surface area contributed by atoms with Crippen LogP contribution in [-0.4, -0.2) is 11.9 Å². The van der Waals surface area contributed by atoms with E-state index in [2.05, 4.69) is 13.8 Å². The van der Waals surface area contributed by atoms with Crippen molar-refractivity contribution in [1.82, 2.24) is 0 Å². The number of carbonyl (C=O) groups is 2. The lowest BCUT2D eigenvalue weighted by Crippen LogP contribution is -2.24. The lowest BCUT2D eigenvalue weighted by atomic mass is 9.99. The highest BCUT2D eigenvalue weighted by Gasteiger charge is 2.23. The van der Waals surface area contributed by atoms with Crippen LogP contribution in [0.5, 0.6) is 0 Å². The largest absolute Gasteiger partial charge is 0.393 e. The minimum absolute atomic E-state index is 0.118. The normalized spacial score (nSPS) is 14.0. The topological polar surface area (TPSA) is 43.4 Å². The van der Waals surface area contributed by atoms with Crippen molar-refractivity contribution in [2.45, 2.75) is 72.6 Å². The summed E-state index contributed by atoms with van der Waals surface area (Å²) in [5, 5.41) is 0. The molecule has 3 heteroatoms. The molecule has 0 aromatic rings. The van der Waals surface area contributed by atoms with Gasteiger partial charge in [0, 0.05) is 0 Å². The summed E-state index contributed by atoms with van der Waals surface area (Å²) in [4.78, 5) is 23.5. The maximum Gasteiger partial charge on any atom is 0.316 e. The highest BCUT2D eigenvalue weighted by Crippen LogP contribution is 2.16. The zero-order valence-corrected chi connectivity index (χ0v) is 12.3. The van der Waals surface area contributed by atoms with E-state index in [-0.39, 0.29) is 23.8 Å². The van der Waals surface area contributed by atoms with Crippen LogP contribution in [0.15, 0.2) is 0 Å². The number of ether oxygens (including phenoxy) is 1. The summed E-state index contributed by atoms with van der Waals surface area (Å²) in [5.41, 5.74) is 0. The van der Waals surface area contributed by atoms with Gasteiger partial charge in [0.05, 0.1) is 11.8 Å². The van der Waals surface area contributed by atoms with Gasteiger partial charge in [-0.05, 0) is 19.3 Å². The van der Waals surface area contributed by atoms with Crippen molar-refractivity contribution in [2.75, 3.05) is 0 Å². The molecule has 2 atom stereocenters. The van der Waals surface area contributed by atoms with Gasteiger partial charge in [-0.2, -0.15) is 0 Å². The second-order valence-corrected chi connectivity index (χ2v) is 5.03. The Morgan fingerprint density at radius 2 is 1.50 bits per heavy atom. The van der Waals surface area contributed by atoms with Crippen LogP contribution in [-0.2, 0) is 14.3 Å². The first-order valence-corrected chi connectivity index (χ1v) is 7.32. The number of esters is 2. The van der Waals surface area contributed by atoms with Gasteiger partial charge in [0.1, 0.15) is 0 Å². The van der Waals surface area contributed by atoms with Crippen LogP contribution >= 0.6 is 0 Å². The molecule has 0 aromatic carbocycles. The third-order valence-corrected chi connectivity index (χ3v) is 3.33. The predicted molar refractivity (Wildman–Crippen MR) is 73.1 cm³/mol. The van der Waals surface area contributed by atoms with Crippen LogP contribution in [0.3, 0.4) is 0 Å². The van der Waals surface area contributed by atoms with Crippen molar-refractivity contribution >= 4 is 11.9 Å². The van der Waals surface area contributed by atoms with E-state index < -0.39 is 0 Å². The summed E-state index contributed by atoms with van der Waals surface area (Å²) in [7, 11) is 0. The van der Waals surface area contributed by atoms with E-state index in [9.17, 15) is 9.59 Å². The summed E-state index contributed by atoms with van der Waals surface area (Å²) in [6.45, 7) is 7.97. The Morgan fingerprint density at radius 3 is 2.00 bits per heavy atom. The number of carbonyl (C=O) groups excluding carboxylic acids is 2. The van der Waals surface area contributed by atoms with Gasteiger partial charge in [-0.15, -0.1) is 0 Å². The molecule has 0 heterocycles. The second-order valence-electron chi connectivity index (χ2n) is 5.03. The van der Waals surface area contributed by atoms with Crippen molar-refractivity contribution < 1.29 is 14.3 Å². The van der Waals surface area contributed by atoms with Crippen LogP contribution < -0.4 is 0 Å². The molecule has 0 radical (unpaired) electrons. The molecule has 18 heavy (non-hydrogen) atoms. The van der Waals surface area contributed by atoms with Crippen molar-refractivity contribution in [1.29, 1.82) is 0 Å². The van der Waals surface area contributed by atoms with E-state index in [1.807, 2.05) is 13.8 Å². The lowest BCUT2D eigenvalue weighted by molar-refractivity contribution is -0.165. The summed E-state index contributed by atoms with van der Waals surface area (Å²) >= 11 is 0. The average molecular weight is 256 g/mol. The Balaban J connectivity index is 4.14. The summed E-state index contributed by atoms with van der Waals surface area (Å²) in [5.74, 6) is -0.979. The van der Waals surface area contributed by atoms with E-state index in [1.165, 1.54) is 0 Å². The Kier molecular flexibility index (Phi) is 9.62. The molecule has 3 nitrogen and oxygen atoms in total. The second kappa shape index (κ2) is 10.1. The van der Waals surface area contributed by atoms with Gasteiger partial charge in [-0.25, -0.2) is 0 Å². The zero-order chi connectivity index (χ0) is 14.0. The predicted octanol–water partition coefficient (Wildman–Crippen LogP) is 4.10. The third kappa shape index (κ3) is 6.77. The first-order chi connectivity index (χ1) is 8.56. The Labute approximate surface area is 111 Å². The maximum atomic E-state index is 11.8. The average Bonchev–Trinajstić information content (AvgIpc) is 2.36. The molecule has 0 spiro atoms. The molecule has 0 amide bonds. The molecule has 0 rings (SSSR count). The van der Waals surface area contributed by atoms with Crippen LogP contribution in [0.2, 0.25) is 0 Å². The van der Waals surface area contributed by atoms with E-state index in [1.54, 1.807) is 0 Å². The summed E-state index contributed by atoms with van der Waals surface area (Å²) < 4.78 is 4.98. The minimum atomic E-state index is -0.358. The van der Waals surface area contributed by atoms with Gasteiger partial charge < -0.3 is 4.74 Å². The van der Waals surface area contributed by atoms with Crippen LogP contribution in [0, 0.1) is 11.8 Å². The molecular formula is C15H28O3. The van der Waals surface area contributed by atoms with E-state index in [0.29, 0.717) is 0 Å². The fourth-order valence-corrected chi connectivity index (χ4v) is 1.85. The lowest BCUT2D eigenvalue weighted by Gasteiger charge is -2.15. The van der Waals surface area contributed by atoms with Gasteiger partial charge in [-0.1, -0.05) is 53.4 Å². The molecule has 0 saturated carbocycles. The molecule has 0 aliphatic carbocycles. The number of hydrogen-bond donors (Lipinski definition) is 0. The monoisotopic (exact) mass is 256 g/mol. The van der Waals surface area contributed by atoms with Crippen molar-refractivity contribution in [3.05, 3.63) is 0 Å². The Bertz CT molecular complexity index is 248. The van der Waals surface area contributed by atoms with Gasteiger partial charge >= 0.3 is 11.9 Å². The standard InChI is InChI=1S/C15H28O3/c1-5-8-10-12(4)14(16)18-15(17)13(7-3)11-9-6-2/h12-13H,5-11H2,1-4H3. The van der Waals surface area contributed by atoms with Crippen molar-refractivity contribution in [3.8, 4) is 0 Å². The van der Waals surface area contributed by atoms with Gasteiger partial charge in [-0.3, -0.25) is 9.59 Å². The van der Waals surface area contributed by atoms with E-state index in [0.717, 1.165) is 44.9 Å². The molecule has 0 aromatic heterocycles. The fraction of sp³-hybridized carbons (Fsp3) is 0.867. The molecule has 0 fully saturated rings. The SMILES string of the molecule is CCCCC(C)C(=O)OC(=O)C(CC)CCCC. The number of rotatable bonds is 9. The molecule has 0 N–H and O–H groups in total. The highest BCUT2D eigenvalue weighted by atomic mass is 16.6. The molecule has 2 unspecified atom stereocenters. The van der Waals surface area contributed by atoms with Crippen LogP contribution in [0.25, 0.3) is 0 Å².